The molecule has 0 aliphatic carbocycles. The summed E-state index contributed by atoms with van der Waals surface area (Å²) >= 11 is 0. The number of halogens is 2. The van der Waals surface area contributed by atoms with Crippen molar-refractivity contribution in [3.05, 3.63) is 12.2 Å². The fourth-order valence-electron chi connectivity index (χ4n) is 3.08. The van der Waals surface area contributed by atoms with Gasteiger partial charge < -0.3 is 15.1 Å². The number of aliphatic hydroxyl groups is 1. The van der Waals surface area contributed by atoms with E-state index in [9.17, 15) is 23.5 Å². The van der Waals surface area contributed by atoms with E-state index >= 15 is 0 Å². The highest BCUT2D eigenvalue weighted by atomic mass is 19.3. The minimum atomic E-state index is -3.39. The van der Waals surface area contributed by atoms with E-state index in [1.807, 2.05) is 13.8 Å². The maximum Gasteiger partial charge on any atom is 0.327 e. The number of amides is 1. The van der Waals surface area contributed by atoms with Crippen molar-refractivity contribution >= 4 is 11.9 Å². The molecule has 28 heavy (non-hydrogen) atoms. The zero-order chi connectivity index (χ0) is 21.2. The van der Waals surface area contributed by atoms with Crippen LogP contribution >= 0.6 is 0 Å². The van der Waals surface area contributed by atoms with Crippen LogP contribution in [0.25, 0.3) is 0 Å². The molecular weight excluding hydrogens is 368 g/mol. The van der Waals surface area contributed by atoms with Gasteiger partial charge in [-0.15, -0.1) is 11.8 Å². The smallest absolute Gasteiger partial charge is 0.327 e. The quantitative estimate of drug-likeness (QED) is 0.316. The Bertz CT molecular complexity index is 609. The molecule has 7 heteroatoms. The molecule has 1 amide bonds. The van der Waals surface area contributed by atoms with E-state index in [1.54, 1.807) is 0 Å². The Morgan fingerprint density at radius 2 is 2.00 bits per heavy atom. The van der Waals surface area contributed by atoms with Gasteiger partial charge in [0.25, 0.3) is 5.91 Å². The van der Waals surface area contributed by atoms with Crippen molar-refractivity contribution in [3.63, 3.8) is 0 Å². The lowest BCUT2D eigenvalue weighted by atomic mass is 9.99. The van der Waals surface area contributed by atoms with Crippen LogP contribution in [0.5, 0.6) is 0 Å². The number of carboxylic acids is 1. The average Bonchev–Trinajstić information content (AvgIpc) is 2.85. The number of hydrogen-bond acceptors (Lipinski definition) is 3. The van der Waals surface area contributed by atoms with Crippen molar-refractivity contribution < 1.29 is 28.6 Å². The number of aliphatic hydroxyl groups excluding tert-OH is 1. The highest BCUT2D eigenvalue weighted by molar-refractivity contribution is 5.86. The number of carboxylic acid groups (broad SMARTS) is 1. The Morgan fingerprint density at radius 3 is 2.64 bits per heavy atom. The molecular formula is C21H31F2NO4. The lowest BCUT2D eigenvalue weighted by molar-refractivity contribution is -0.148. The molecule has 5 nitrogen and oxygen atoms in total. The Kier molecular flexibility index (Phi) is 10.2. The molecule has 1 unspecified atom stereocenters. The highest BCUT2D eigenvalue weighted by Gasteiger charge is 2.52. The van der Waals surface area contributed by atoms with Crippen LogP contribution in [0.1, 0.15) is 65.2 Å². The van der Waals surface area contributed by atoms with Crippen molar-refractivity contribution in [1.29, 1.82) is 0 Å². The molecule has 1 aliphatic heterocycles. The molecule has 0 spiro atoms. The van der Waals surface area contributed by atoms with Crippen molar-refractivity contribution in [2.45, 2.75) is 83.3 Å². The Hall–Kier alpha value is -1.94. The van der Waals surface area contributed by atoms with Gasteiger partial charge in [-0.3, -0.25) is 9.59 Å². The molecule has 0 radical (unpaired) electrons. The summed E-state index contributed by atoms with van der Waals surface area (Å²) in [6.07, 6.45) is 5.36. The van der Waals surface area contributed by atoms with Crippen LogP contribution in [-0.4, -0.2) is 51.6 Å². The number of alkyl halides is 2. The molecule has 1 heterocycles. The summed E-state index contributed by atoms with van der Waals surface area (Å²) in [5.41, 5.74) is 0. The van der Waals surface area contributed by atoms with E-state index in [0.717, 1.165) is 6.42 Å². The molecule has 0 aromatic rings. The minimum absolute atomic E-state index is 0.0881. The fourth-order valence-corrected chi connectivity index (χ4v) is 3.08. The van der Waals surface area contributed by atoms with Gasteiger partial charge in [-0.05, 0) is 18.8 Å². The second kappa shape index (κ2) is 11.8. The number of rotatable bonds is 11. The Labute approximate surface area is 165 Å². The molecule has 1 fully saturated rings. The van der Waals surface area contributed by atoms with Gasteiger partial charge in [-0.25, -0.2) is 0 Å². The largest absolute Gasteiger partial charge is 0.481 e. The van der Waals surface area contributed by atoms with E-state index < -0.39 is 36.4 Å². The zero-order valence-electron chi connectivity index (χ0n) is 16.7. The van der Waals surface area contributed by atoms with E-state index in [1.165, 1.54) is 17.1 Å². The number of hydrogen-bond donors (Lipinski definition) is 2. The second-order valence-corrected chi connectivity index (χ2v) is 7.30. The molecule has 2 N–H and O–H groups in total. The summed E-state index contributed by atoms with van der Waals surface area (Å²) in [5.74, 6) is 0.341. The number of carbonyl (C=O) groups is 2. The summed E-state index contributed by atoms with van der Waals surface area (Å²) in [4.78, 5) is 23.6. The van der Waals surface area contributed by atoms with E-state index in [-0.39, 0.29) is 18.9 Å². The van der Waals surface area contributed by atoms with Gasteiger partial charge in [0, 0.05) is 32.2 Å². The number of likely N-dealkylation sites (tertiary alicyclic amines) is 1. The third kappa shape index (κ3) is 7.97. The standard InChI is InChI=1S/C21H31F2NO4/c1-3-4-7-10-16(2)18(25)13-12-17-15-21(22,23)20(28)24(17)14-9-6-5-8-11-19(26)27/h12-13,16-18,25H,3,5-6,8-11,14-15H2,1-2H3,(H,26,27)/b13-12+/t16-,17?,18-/m0/s1. The Morgan fingerprint density at radius 1 is 1.32 bits per heavy atom. The number of carbonyl (C=O) groups excluding carboxylic acids is 1. The lowest BCUT2D eigenvalue weighted by Crippen LogP contribution is -2.36. The second-order valence-electron chi connectivity index (χ2n) is 7.30. The molecule has 0 aromatic heterocycles. The van der Waals surface area contributed by atoms with E-state index in [0.29, 0.717) is 32.1 Å². The molecule has 1 aliphatic rings. The predicted molar refractivity (Wildman–Crippen MR) is 103 cm³/mol. The minimum Gasteiger partial charge on any atom is -0.481 e. The van der Waals surface area contributed by atoms with Gasteiger partial charge in [-0.1, -0.05) is 38.8 Å². The van der Waals surface area contributed by atoms with Gasteiger partial charge in [0.2, 0.25) is 0 Å². The topological polar surface area (TPSA) is 77.8 Å². The molecule has 0 aromatic carbocycles. The van der Waals surface area contributed by atoms with Crippen molar-refractivity contribution in [2.24, 2.45) is 5.92 Å². The van der Waals surface area contributed by atoms with Crippen LogP contribution < -0.4 is 0 Å². The molecule has 3 atom stereocenters. The van der Waals surface area contributed by atoms with Gasteiger partial charge >= 0.3 is 11.9 Å². The van der Waals surface area contributed by atoms with Crippen LogP contribution in [-0.2, 0) is 9.59 Å². The molecule has 158 valence electrons. The van der Waals surface area contributed by atoms with Crippen LogP contribution in [0.15, 0.2) is 12.2 Å². The third-order valence-electron chi connectivity index (χ3n) is 4.82. The number of nitrogens with zero attached hydrogens (tertiary/aromatic N) is 1. The molecule has 0 saturated carbocycles. The van der Waals surface area contributed by atoms with Crippen LogP contribution in [0.4, 0.5) is 8.78 Å². The summed E-state index contributed by atoms with van der Waals surface area (Å²) in [6, 6.07) is -0.745. The van der Waals surface area contributed by atoms with Gasteiger partial charge in [0.1, 0.15) is 0 Å². The SMILES string of the molecule is CCC#CC[C@H](C)[C@@H](O)/C=C/C1CC(F)(F)C(=O)N1CCCCCCC(=O)O. The average molecular weight is 399 g/mol. The monoisotopic (exact) mass is 399 g/mol. The zero-order valence-corrected chi connectivity index (χ0v) is 16.7. The Balaban J connectivity index is 2.58. The summed E-state index contributed by atoms with van der Waals surface area (Å²) in [7, 11) is 0. The van der Waals surface area contributed by atoms with Crippen LogP contribution in [0.2, 0.25) is 0 Å². The van der Waals surface area contributed by atoms with Crippen LogP contribution in [0.3, 0.4) is 0 Å². The van der Waals surface area contributed by atoms with Gasteiger partial charge in [-0.2, -0.15) is 8.78 Å². The first-order valence-corrected chi connectivity index (χ1v) is 9.91. The van der Waals surface area contributed by atoms with Crippen molar-refractivity contribution in [3.8, 4) is 11.8 Å². The molecule has 1 rings (SSSR count). The van der Waals surface area contributed by atoms with Crippen molar-refractivity contribution in [2.75, 3.05) is 6.54 Å². The predicted octanol–water partition coefficient (Wildman–Crippen LogP) is 3.61. The highest BCUT2D eigenvalue weighted by Crippen LogP contribution is 2.34. The lowest BCUT2D eigenvalue weighted by Gasteiger charge is -2.22. The summed E-state index contributed by atoms with van der Waals surface area (Å²) in [6.45, 7) is 3.97. The normalized spacial score (nSPS) is 20.8. The van der Waals surface area contributed by atoms with E-state index in [4.69, 9.17) is 5.11 Å². The van der Waals surface area contributed by atoms with E-state index in [2.05, 4.69) is 11.8 Å². The number of unbranched alkanes of at least 4 members (excludes halogenated alkanes) is 3. The first-order valence-electron chi connectivity index (χ1n) is 9.91. The molecule has 0 bridgehead atoms. The molecule has 1 saturated heterocycles. The fraction of sp³-hybridized carbons (Fsp3) is 0.714. The maximum absolute atomic E-state index is 13.9. The summed E-state index contributed by atoms with van der Waals surface area (Å²) in [5, 5.41) is 18.8. The van der Waals surface area contributed by atoms with Gasteiger partial charge in [0.15, 0.2) is 0 Å². The van der Waals surface area contributed by atoms with Crippen LogP contribution in [0, 0.1) is 17.8 Å². The number of aliphatic carboxylic acids is 1. The van der Waals surface area contributed by atoms with Crippen molar-refractivity contribution in [1.82, 2.24) is 4.90 Å². The third-order valence-corrected chi connectivity index (χ3v) is 4.82. The van der Waals surface area contributed by atoms with Gasteiger partial charge in [0.05, 0.1) is 12.1 Å². The maximum atomic E-state index is 13.9. The first-order chi connectivity index (χ1) is 13.2. The first kappa shape index (κ1) is 24.1. The summed E-state index contributed by atoms with van der Waals surface area (Å²) < 4.78 is 27.7.